The second-order valence-electron chi connectivity index (χ2n) is 5.27. The van der Waals surface area contributed by atoms with Crippen LogP contribution in [0.25, 0.3) is 10.9 Å². The van der Waals surface area contributed by atoms with Gasteiger partial charge in [-0.1, -0.05) is 0 Å². The Morgan fingerprint density at radius 2 is 2.16 bits per heavy atom. The largest absolute Gasteiger partial charge is 0.469 e. The first-order valence-corrected chi connectivity index (χ1v) is 7.98. The molecule has 1 heterocycles. The lowest BCUT2D eigenvalue weighted by molar-refractivity contribution is -0.140. The number of fused-ring (bicyclic) bond motifs is 1. The van der Waals surface area contributed by atoms with Gasteiger partial charge in [0.25, 0.3) is 0 Å². The summed E-state index contributed by atoms with van der Waals surface area (Å²) in [5, 5.41) is 7.37. The van der Waals surface area contributed by atoms with Crippen LogP contribution in [0.1, 0.15) is 18.9 Å². The summed E-state index contributed by atoms with van der Waals surface area (Å²) >= 11 is 0. The van der Waals surface area contributed by atoms with Crippen molar-refractivity contribution in [2.75, 3.05) is 26.7 Å². The van der Waals surface area contributed by atoms with Crippen molar-refractivity contribution in [3.05, 3.63) is 35.8 Å². The van der Waals surface area contributed by atoms with E-state index in [0.29, 0.717) is 19.0 Å². The summed E-state index contributed by atoms with van der Waals surface area (Å²) in [6, 6.07) is 4.74. The second kappa shape index (κ2) is 10.9. The van der Waals surface area contributed by atoms with Crippen LogP contribution in [0.5, 0.6) is 0 Å². The first-order valence-electron chi connectivity index (χ1n) is 7.98. The first kappa shape index (κ1) is 21.2. The number of aliphatic imine (C=N–C) groups is 1. The lowest BCUT2D eigenvalue weighted by Crippen LogP contribution is -2.38. The number of hydrogen-bond acceptors (Lipinski definition) is 3. The number of aromatic amines is 1. The van der Waals surface area contributed by atoms with Crippen molar-refractivity contribution in [3.8, 4) is 0 Å². The molecule has 0 aliphatic rings. The number of aromatic nitrogens is 1. The minimum absolute atomic E-state index is 0. The van der Waals surface area contributed by atoms with Crippen LogP contribution in [0.2, 0.25) is 0 Å². The Morgan fingerprint density at radius 1 is 1.36 bits per heavy atom. The highest BCUT2D eigenvalue weighted by molar-refractivity contribution is 14.0. The molecule has 2 aromatic rings. The van der Waals surface area contributed by atoms with Gasteiger partial charge >= 0.3 is 5.97 Å². The van der Waals surface area contributed by atoms with Gasteiger partial charge in [0.05, 0.1) is 20.1 Å². The average Bonchev–Trinajstić information content (AvgIpc) is 2.96. The van der Waals surface area contributed by atoms with Gasteiger partial charge in [-0.05, 0) is 37.1 Å². The minimum atomic E-state index is -0.277. The van der Waals surface area contributed by atoms with Crippen LogP contribution < -0.4 is 10.6 Å². The predicted molar refractivity (Wildman–Crippen MR) is 108 cm³/mol. The molecule has 0 aliphatic heterocycles. The molecular weight excluding hydrogens is 438 g/mol. The van der Waals surface area contributed by atoms with Crippen molar-refractivity contribution in [2.24, 2.45) is 4.99 Å². The number of ether oxygens (including phenoxy) is 1. The summed E-state index contributed by atoms with van der Waals surface area (Å²) in [6.07, 6.45) is 2.92. The average molecular weight is 462 g/mol. The maximum absolute atomic E-state index is 13.2. The number of H-pyrrole nitrogens is 1. The van der Waals surface area contributed by atoms with Crippen molar-refractivity contribution in [1.82, 2.24) is 15.6 Å². The van der Waals surface area contributed by atoms with E-state index in [4.69, 9.17) is 0 Å². The van der Waals surface area contributed by atoms with E-state index in [1.807, 2.05) is 13.1 Å². The predicted octanol–water partition coefficient (Wildman–Crippen LogP) is 2.59. The number of rotatable bonds is 7. The number of halogens is 2. The molecule has 6 nitrogen and oxygen atoms in total. The number of methoxy groups -OCH3 is 1. The molecule has 0 aliphatic carbocycles. The number of nitrogens with zero attached hydrogens (tertiary/aromatic N) is 1. The fraction of sp³-hybridized carbons (Fsp3) is 0.412. The van der Waals surface area contributed by atoms with Gasteiger partial charge in [-0.3, -0.25) is 9.79 Å². The zero-order valence-electron chi connectivity index (χ0n) is 14.4. The summed E-state index contributed by atoms with van der Waals surface area (Å²) in [6.45, 7) is 3.75. The number of esters is 1. The number of guanidine groups is 1. The zero-order chi connectivity index (χ0) is 17.4. The Morgan fingerprint density at radius 3 is 2.88 bits per heavy atom. The molecule has 0 spiro atoms. The normalized spacial score (nSPS) is 11.1. The number of hydrogen-bond donors (Lipinski definition) is 3. The Kier molecular flexibility index (Phi) is 9.25. The van der Waals surface area contributed by atoms with E-state index in [2.05, 4.69) is 25.3 Å². The maximum Gasteiger partial charge on any atom is 0.307 e. The van der Waals surface area contributed by atoms with Crippen LogP contribution in [0, 0.1) is 5.82 Å². The highest BCUT2D eigenvalue weighted by Gasteiger charge is 2.05. The molecule has 1 aromatic carbocycles. The van der Waals surface area contributed by atoms with Gasteiger partial charge < -0.3 is 20.4 Å². The molecule has 0 radical (unpaired) electrons. The molecule has 0 bridgehead atoms. The van der Waals surface area contributed by atoms with Gasteiger partial charge in [0.1, 0.15) is 5.82 Å². The van der Waals surface area contributed by atoms with E-state index in [-0.39, 0.29) is 42.2 Å². The molecule has 3 N–H and O–H groups in total. The van der Waals surface area contributed by atoms with Gasteiger partial charge in [0, 0.05) is 30.2 Å². The lowest BCUT2D eigenvalue weighted by Gasteiger charge is -2.11. The second-order valence-corrected chi connectivity index (χ2v) is 5.27. The van der Waals surface area contributed by atoms with Crippen molar-refractivity contribution >= 4 is 46.8 Å². The van der Waals surface area contributed by atoms with E-state index in [1.54, 1.807) is 6.07 Å². The molecule has 0 atom stereocenters. The van der Waals surface area contributed by atoms with E-state index in [0.717, 1.165) is 29.4 Å². The number of carbonyl (C=O) groups is 1. The minimum Gasteiger partial charge on any atom is -0.469 e. The molecule has 25 heavy (non-hydrogen) atoms. The molecule has 138 valence electrons. The molecule has 0 unspecified atom stereocenters. The topological polar surface area (TPSA) is 78.5 Å². The summed E-state index contributed by atoms with van der Waals surface area (Å²) in [5.41, 5.74) is 1.91. The molecule has 0 fully saturated rings. The number of carbonyl (C=O) groups excluding carboxylic acids is 1. The molecule has 0 saturated carbocycles. The van der Waals surface area contributed by atoms with E-state index >= 15 is 0 Å². The van der Waals surface area contributed by atoms with Crippen molar-refractivity contribution in [2.45, 2.75) is 19.8 Å². The van der Waals surface area contributed by atoms with Crippen molar-refractivity contribution < 1.29 is 13.9 Å². The third-order valence-corrected chi connectivity index (χ3v) is 3.57. The Balaban J connectivity index is 0.00000312. The lowest BCUT2D eigenvalue weighted by atomic mass is 10.1. The third-order valence-electron chi connectivity index (χ3n) is 3.57. The Hall–Kier alpha value is -1.84. The maximum atomic E-state index is 13.2. The monoisotopic (exact) mass is 462 g/mol. The quantitative estimate of drug-likeness (QED) is 0.256. The third kappa shape index (κ3) is 6.52. The van der Waals surface area contributed by atoms with E-state index in [1.165, 1.54) is 19.2 Å². The first-order chi connectivity index (χ1) is 11.6. The fourth-order valence-electron chi connectivity index (χ4n) is 2.38. The molecule has 2 rings (SSSR count). The van der Waals surface area contributed by atoms with Crippen LogP contribution in [0.4, 0.5) is 4.39 Å². The highest BCUT2D eigenvalue weighted by Crippen LogP contribution is 2.19. The van der Waals surface area contributed by atoms with E-state index in [9.17, 15) is 9.18 Å². The molecule has 0 amide bonds. The van der Waals surface area contributed by atoms with Gasteiger partial charge in [-0.25, -0.2) is 4.39 Å². The molecular formula is C17H24FIN4O2. The highest BCUT2D eigenvalue weighted by atomic mass is 127. The van der Waals surface area contributed by atoms with Crippen LogP contribution in [0.15, 0.2) is 29.4 Å². The van der Waals surface area contributed by atoms with E-state index < -0.39 is 0 Å². The van der Waals surface area contributed by atoms with Crippen molar-refractivity contribution in [1.29, 1.82) is 0 Å². The Labute approximate surface area is 163 Å². The van der Waals surface area contributed by atoms with Gasteiger partial charge in [-0.15, -0.1) is 24.0 Å². The fourth-order valence-corrected chi connectivity index (χ4v) is 2.38. The van der Waals surface area contributed by atoms with Gasteiger partial charge in [0.2, 0.25) is 0 Å². The van der Waals surface area contributed by atoms with Crippen molar-refractivity contribution in [3.63, 3.8) is 0 Å². The number of benzene rings is 1. The number of nitrogens with one attached hydrogen (secondary N) is 3. The smallest absolute Gasteiger partial charge is 0.307 e. The van der Waals surface area contributed by atoms with Crippen LogP contribution in [-0.2, 0) is 16.0 Å². The summed E-state index contributed by atoms with van der Waals surface area (Å²) < 4.78 is 17.8. The van der Waals surface area contributed by atoms with Gasteiger partial charge in [-0.2, -0.15) is 0 Å². The standard InChI is InChI=1S/C17H23FN4O2.HI/c1-3-19-17(21-9-7-16(23)24-2)20-8-6-12-11-22-15-10-13(18)4-5-14(12)15;/h4-5,10-11,22H,3,6-9H2,1-2H3,(H2,19,20,21);1H. The molecule has 0 saturated heterocycles. The SMILES string of the molecule is CCNC(=NCCC(=O)OC)NCCc1c[nH]c2cc(F)ccc12.I. The van der Waals surface area contributed by atoms with Crippen LogP contribution in [0.3, 0.4) is 0 Å². The zero-order valence-corrected chi connectivity index (χ0v) is 16.7. The van der Waals surface area contributed by atoms with Crippen LogP contribution >= 0.6 is 24.0 Å². The summed E-state index contributed by atoms with van der Waals surface area (Å²) in [7, 11) is 1.36. The summed E-state index contributed by atoms with van der Waals surface area (Å²) in [5.74, 6) is 0.133. The van der Waals surface area contributed by atoms with Crippen LogP contribution in [-0.4, -0.2) is 43.7 Å². The molecule has 8 heteroatoms. The summed E-state index contributed by atoms with van der Waals surface area (Å²) in [4.78, 5) is 18.5. The molecule has 1 aromatic heterocycles. The van der Waals surface area contributed by atoms with Gasteiger partial charge in [0.15, 0.2) is 5.96 Å². The Bertz CT molecular complexity index is 718.